The summed E-state index contributed by atoms with van der Waals surface area (Å²) < 4.78 is 23.2. The van der Waals surface area contributed by atoms with Gasteiger partial charge in [0.2, 0.25) is 0 Å². The van der Waals surface area contributed by atoms with Crippen LogP contribution in [0.3, 0.4) is 0 Å². The summed E-state index contributed by atoms with van der Waals surface area (Å²) in [6.07, 6.45) is 5.98. The van der Waals surface area contributed by atoms with Gasteiger partial charge in [0.25, 0.3) is 5.91 Å². The molecule has 10 heteroatoms. The normalized spacial score (nSPS) is 24.5. The van der Waals surface area contributed by atoms with Crippen LogP contribution in [0.15, 0.2) is 18.5 Å². The minimum atomic E-state index is -0.839. The number of nitrogens with two attached hydrogens (primary N) is 1. The highest BCUT2D eigenvalue weighted by molar-refractivity contribution is 6.31. The molecule has 180 valence electrons. The number of ether oxygens (including phenoxy) is 1. The Balaban J connectivity index is 1.62. The van der Waals surface area contributed by atoms with E-state index in [1.807, 2.05) is 18.2 Å². The summed E-state index contributed by atoms with van der Waals surface area (Å²) in [5.41, 5.74) is 7.86. The fourth-order valence-corrected chi connectivity index (χ4v) is 5.42. The van der Waals surface area contributed by atoms with E-state index in [2.05, 4.69) is 10.3 Å². The molecule has 2 aromatic heterocycles. The van der Waals surface area contributed by atoms with Crippen molar-refractivity contribution in [3.8, 4) is 5.75 Å². The second-order valence-electron chi connectivity index (χ2n) is 9.20. The predicted octanol–water partition coefficient (Wildman–Crippen LogP) is 3.75. The number of carbonyl (C=O) groups excluding carboxylic acids is 1. The van der Waals surface area contributed by atoms with Crippen LogP contribution in [0.2, 0.25) is 5.02 Å². The van der Waals surface area contributed by atoms with Crippen LogP contribution in [-0.2, 0) is 0 Å². The van der Waals surface area contributed by atoms with E-state index < -0.39 is 23.9 Å². The molecule has 3 aromatic rings. The number of aromatic nitrogens is 3. The van der Waals surface area contributed by atoms with Gasteiger partial charge in [-0.25, -0.2) is 14.4 Å². The molecule has 1 aromatic carbocycles. The number of benzene rings is 1. The highest BCUT2D eigenvalue weighted by Crippen LogP contribution is 2.45. The minimum absolute atomic E-state index is 0.157. The van der Waals surface area contributed by atoms with Gasteiger partial charge in [-0.15, -0.1) is 0 Å². The summed E-state index contributed by atoms with van der Waals surface area (Å²) in [4.78, 5) is 22.2. The molecule has 34 heavy (non-hydrogen) atoms. The Morgan fingerprint density at radius 3 is 2.91 bits per heavy atom. The molecular weight excluding hydrogens is 461 g/mol. The predicted molar refractivity (Wildman–Crippen MR) is 126 cm³/mol. The van der Waals surface area contributed by atoms with Crippen LogP contribution in [0.4, 0.5) is 10.2 Å². The lowest BCUT2D eigenvalue weighted by Gasteiger charge is -2.33. The summed E-state index contributed by atoms with van der Waals surface area (Å²) >= 11 is 6.29. The number of amides is 1. The van der Waals surface area contributed by atoms with E-state index >= 15 is 4.39 Å². The van der Waals surface area contributed by atoms with E-state index in [1.54, 1.807) is 12.4 Å². The summed E-state index contributed by atoms with van der Waals surface area (Å²) in [5.74, 6) is -0.588. The molecule has 1 unspecified atom stereocenters. The van der Waals surface area contributed by atoms with E-state index in [0.29, 0.717) is 42.0 Å². The molecule has 0 radical (unpaired) electrons. The third kappa shape index (κ3) is 3.76. The largest absolute Gasteiger partial charge is 0.489 e. The van der Waals surface area contributed by atoms with Crippen LogP contribution in [-0.4, -0.2) is 43.6 Å². The van der Waals surface area contributed by atoms with Gasteiger partial charge >= 0.3 is 0 Å². The van der Waals surface area contributed by atoms with Crippen molar-refractivity contribution in [1.29, 1.82) is 0 Å². The van der Waals surface area contributed by atoms with E-state index in [-0.39, 0.29) is 28.4 Å². The molecule has 0 spiro atoms. The number of nitrogen functional groups attached to an aromatic ring is 1. The Labute approximate surface area is 201 Å². The molecule has 5 rings (SSSR count). The number of fused-ring (bicyclic) bond motifs is 2. The summed E-state index contributed by atoms with van der Waals surface area (Å²) in [6.45, 7) is 3.72. The Kier molecular flexibility index (Phi) is 5.85. The number of nitrogens with zero attached hydrogens (tertiary/aromatic N) is 3. The number of hydrogen-bond acceptors (Lipinski definition) is 6. The van der Waals surface area contributed by atoms with Crippen LogP contribution in [0.25, 0.3) is 5.52 Å². The van der Waals surface area contributed by atoms with Crippen LogP contribution in [0, 0.1) is 12.7 Å². The summed E-state index contributed by atoms with van der Waals surface area (Å²) in [6, 6.07) is 1.07. The standard InChI is InChI=1S/C24H27ClFN5O3/c1-11-9-14(23-29-12(2)20-22(27)28-7-8-31(20)23)13-10-15(25)19(26)18(21(13)34-11)24(33)30-16-5-3-4-6-17(16)32/h7-8,10-11,14,16-17,32H,3-6,9H2,1-2H3,(H2,27,28)(H,30,33)/t11?,14-,16-,17-/m0/s1. The van der Waals surface area contributed by atoms with Gasteiger partial charge in [-0.05, 0) is 39.2 Å². The van der Waals surface area contributed by atoms with Gasteiger partial charge in [0, 0.05) is 23.9 Å². The van der Waals surface area contributed by atoms with Crippen LogP contribution >= 0.6 is 11.6 Å². The van der Waals surface area contributed by atoms with Gasteiger partial charge in [-0.2, -0.15) is 0 Å². The molecule has 4 atom stereocenters. The Morgan fingerprint density at radius 2 is 2.15 bits per heavy atom. The molecule has 2 aliphatic rings. The zero-order valence-corrected chi connectivity index (χ0v) is 19.8. The SMILES string of the molecule is Cc1nc([C@H]2CC(C)Oc3c2cc(Cl)c(F)c3C(=O)N[C@H]2CCCC[C@@H]2O)n2ccnc(N)c12. The van der Waals surface area contributed by atoms with Crippen molar-refractivity contribution in [2.75, 3.05) is 5.73 Å². The number of imidazole rings is 1. The fourth-order valence-electron chi connectivity index (χ4n) is 5.20. The lowest BCUT2D eigenvalue weighted by atomic mass is 9.87. The third-order valence-corrected chi connectivity index (χ3v) is 7.11. The highest BCUT2D eigenvalue weighted by atomic mass is 35.5. The maximum atomic E-state index is 15.3. The minimum Gasteiger partial charge on any atom is -0.489 e. The first-order chi connectivity index (χ1) is 16.3. The quantitative estimate of drug-likeness (QED) is 0.518. The molecular formula is C24H27ClFN5O3. The lowest BCUT2D eigenvalue weighted by Crippen LogP contribution is -2.45. The summed E-state index contributed by atoms with van der Waals surface area (Å²) in [5, 5.41) is 12.9. The molecule has 3 heterocycles. The van der Waals surface area contributed by atoms with E-state index in [1.165, 1.54) is 6.07 Å². The second kappa shape index (κ2) is 8.70. The van der Waals surface area contributed by atoms with Crippen molar-refractivity contribution in [1.82, 2.24) is 19.7 Å². The molecule has 1 amide bonds. The Hall–Kier alpha value is -2.91. The van der Waals surface area contributed by atoms with E-state index in [0.717, 1.165) is 18.5 Å². The molecule has 1 saturated carbocycles. The topological polar surface area (TPSA) is 115 Å². The van der Waals surface area contributed by atoms with Crippen molar-refractivity contribution >= 4 is 28.8 Å². The molecule has 0 bridgehead atoms. The van der Waals surface area contributed by atoms with E-state index in [9.17, 15) is 9.90 Å². The van der Waals surface area contributed by atoms with Crippen LogP contribution < -0.4 is 15.8 Å². The van der Waals surface area contributed by atoms with Gasteiger partial charge in [0.15, 0.2) is 5.82 Å². The number of halogens is 2. The first-order valence-electron chi connectivity index (χ1n) is 11.5. The molecule has 1 aliphatic heterocycles. The smallest absolute Gasteiger partial charge is 0.258 e. The lowest BCUT2D eigenvalue weighted by molar-refractivity contribution is 0.0707. The highest BCUT2D eigenvalue weighted by Gasteiger charge is 2.37. The number of anilines is 1. The molecule has 4 N–H and O–H groups in total. The number of carbonyl (C=O) groups is 1. The summed E-state index contributed by atoms with van der Waals surface area (Å²) in [7, 11) is 0. The molecule has 1 fully saturated rings. The number of rotatable bonds is 3. The van der Waals surface area contributed by atoms with Gasteiger partial charge in [0.1, 0.15) is 28.5 Å². The Bertz CT molecular complexity index is 1280. The fraction of sp³-hybridized carbons (Fsp3) is 0.458. The average Bonchev–Trinajstić information content (AvgIpc) is 3.13. The van der Waals surface area contributed by atoms with Crippen molar-refractivity contribution in [2.24, 2.45) is 0 Å². The zero-order valence-electron chi connectivity index (χ0n) is 19.0. The van der Waals surface area contributed by atoms with Crippen molar-refractivity contribution in [2.45, 2.75) is 70.1 Å². The van der Waals surface area contributed by atoms with Gasteiger partial charge < -0.3 is 20.9 Å². The van der Waals surface area contributed by atoms with Gasteiger partial charge in [0.05, 0.1) is 29.0 Å². The molecule has 0 saturated heterocycles. The zero-order chi connectivity index (χ0) is 24.1. The van der Waals surface area contributed by atoms with Gasteiger partial charge in [-0.3, -0.25) is 9.20 Å². The number of hydrogen-bond donors (Lipinski definition) is 3. The monoisotopic (exact) mass is 487 g/mol. The number of aliphatic hydroxyl groups excluding tert-OH is 1. The second-order valence-corrected chi connectivity index (χ2v) is 9.61. The van der Waals surface area contributed by atoms with E-state index in [4.69, 9.17) is 27.1 Å². The maximum absolute atomic E-state index is 15.3. The Morgan fingerprint density at radius 1 is 1.38 bits per heavy atom. The third-order valence-electron chi connectivity index (χ3n) is 6.83. The average molecular weight is 488 g/mol. The number of aryl methyl sites for hydroxylation is 1. The first kappa shape index (κ1) is 22.9. The first-order valence-corrected chi connectivity index (χ1v) is 11.9. The van der Waals surface area contributed by atoms with Crippen molar-refractivity contribution < 1.29 is 19.0 Å². The number of nitrogens with one attached hydrogen (secondary N) is 1. The van der Waals surface area contributed by atoms with Gasteiger partial charge in [-0.1, -0.05) is 24.4 Å². The van der Waals surface area contributed by atoms with Crippen LogP contribution in [0.1, 0.15) is 72.4 Å². The molecule has 8 nitrogen and oxygen atoms in total. The van der Waals surface area contributed by atoms with Crippen LogP contribution in [0.5, 0.6) is 5.75 Å². The molecule has 1 aliphatic carbocycles. The maximum Gasteiger partial charge on any atom is 0.258 e. The number of aliphatic hydroxyl groups is 1. The van der Waals surface area contributed by atoms with Crippen molar-refractivity contribution in [3.05, 3.63) is 51.9 Å². The van der Waals surface area contributed by atoms with Crippen molar-refractivity contribution in [3.63, 3.8) is 0 Å².